The third-order valence-electron chi connectivity index (χ3n) is 6.68. The fraction of sp³-hybridized carbons (Fsp3) is 0.276. The van der Waals surface area contributed by atoms with Gasteiger partial charge in [-0.15, -0.1) is 0 Å². The minimum absolute atomic E-state index is 0.0622. The molecule has 38 heavy (non-hydrogen) atoms. The molecule has 6 nitrogen and oxygen atoms in total. The molecule has 1 unspecified atom stereocenters. The van der Waals surface area contributed by atoms with Gasteiger partial charge in [0.1, 0.15) is 5.92 Å². The van der Waals surface area contributed by atoms with E-state index >= 15 is 0 Å². The van der Waals surface area contributed by atoms with Gasteiger partial charge in [-0.1, -0.05) is 18.2 Å². The maximum atomic E-state index is 14.4. The van der Waals surface area contributed by atoms with Gasteiger partial charge in [0.05, 0.1) is 11.1 Å². The lowest BCUT2D eigenvalue weighted by Crippen LogP contribution is -2.24. The van der Waals surface area contributed by atoms with Crippen molar-refractivity contribution < 1.29 is 32.7 Å². The number of nitrogens with one attached hydrogen (secondary N) is 2. The first kappa shape index (κ1) is 28.4. The Balaban J connectivity index is 2.07. The Morgan fingerprint density at radius 3 is 1.84 bits per heavy atom. The van der Waals surface area contributed by atoms with Crippen LogP contribution in [-0.4, -0.2) is 36.1 Å². The number of carboxylic acid groups (broad SMARTS) is 1. The predicted molar refractivity (Wildman–Crippen MR) is 139 cm³/mol. The lowest BCUT2D eigenvalue weighted by atomic mass is 9.83. The molecule has 3 aromatic rings. The number of rotatable bonds is 6. The molecule has 0 aliphatic rings. The molecule has 9 heteroatoms. The van der Waals surface area contributed by atoms with Crippen molar-refractivity contribution in [1.82, 2.24) is 5.32 Å². The highest BCUT2D eigenvalue weighted by atomic mass is 19.4. The Morgan fingerprint density at radius 1 is 0.737 bits per heavy atom. The normalized spacial score (nSPS) is 12.1. The molecule has 0 aliphatic carbocycles. The number of carboxylic acids is 1. The van der Waals surface area contributed by atoms with E-state index in [4.69, 9.17) is 0 Å². The monoisotopic (exact) mass is 526 g/mol. The summed E-state index contributed by atoms with van der Waals surface area (Å²) < 4.78 is 43.3. The Kier molecular flexibility index (Phi) is 8.00. The van der Waals surface area contributed by atoms with Crippen LogP contribution >= 0.6 is 0 Å². The Bertz CT molecular complexity index is 1440. The molecule has 3 rings (SSSR count). The molecule has 0 aliphatic heterocycles. The molecule has 0 heterocycles. The summed E-state index contributed by atoms with van der Waals surface area (Å²) in [7, 11) is 1.40. The van der Waals surface area contributed by atoms with E-state index in [0.29, 0.717) is 16.7 Å². The number of amides is 2. The van der Waals surface area contributed by atoms with Crippen molar-refractivity contribution in [2.24, 2.45) is 0 Å². The summed E-state index contributed by atoms with van der Waals surface area (Å²) in [5.74, 6) is -4.54. The second-order valence-corrected chi connectivity index (χ2v) is 9.39. The van der Waals surface area contributed by atoms with E-state index in [1.54, 1.807) is 32.9 Å². The van der Waals surface area contributed by atoms with Gasteiger partial charge in [0.25, 0.3) is 11.8 Å². The van der Waals surface area contributed by atoms with Crippen LogP contribution in [0, 0.1) is 34.6 Å². The zero-order valence-corrected chi connectivity index (χ0v) is 21.9. The van der Waals surface area contributed by atoms with Crippen LogP contribution in [0.4, 0.5) is 18.9 Å². The molecule has 0 spiro atoms. The Labute approximate surface area is 218 Å². The SMILES string of the molecule is CNC(=O)c1ccc(C(=O)O)c(C(=O)Nc2cc(C)c(C(c3cc(C)c(C)cc3C)C(F)(F)F)cc2C)c1. The second kappa shape index (κ2) is 10.7. The van der Waals surface area contributed by atoms with Crippen LogP contribution in [0.15, 0.2) is 42.5 Å². The average molecular weight is 527 g/mol. The van der Waals surface area contributed by atoms with E-state index in [9.17, 15) is 32.7 Å². The lowest BCUT2D eigenvalue weighted by Gasteiger charge is -2.26. The first-order valence-corrected chi connectivity index (χ1v) is 11.8. The average Bonchev–Trinajstić information content (AvgIpc) is 2.83. The molecule has 0 saturated carbocycles. The number of halogens is 3. The zero-order valence-electron chi connectivity index (χ0n) is 21.9. The van der Waals surface area contributed by atoms with Gasteiger partial charge >= 0.3 is 12.1 Å². The molecule has 200 valence electrons. The Hall–Kier alpha value is -4.14. The van der Waals surface area contributed by atoms with Crippen molar-refractivity contribution in [2.75, 3.05) is 12.4 Å². The number of hydrogen-bond acceptors (Lipinski definition) is 3. The summed E-state index contributed by atoms with van der Waals surface area (Å²) in [6, 6.07) is 9.76. The number of hydrogen-bond donors (Lipinski definition) is 3. The van der Waals surface area contributed by atoms with Gasteiger partial charge < -0.3 is 15.7 Å². The first-order chi connectivity index (χ1) is 17.6. The van der Waals surface area contributed by atoms with Crippen molar-refractivity contribution in [3.63, 3.8) is 0 Å². The molecular formula is C29H29F3N2O4. The van der Waals surface area contributed by atoms with Gasteiger partial charge in [-0.25, -0.2) is 4.79 Å². The van der Waals surface area contributed by atoms with Crippen molar-refractivity contribution >= 4 is 23.5 Å². The van der Waals surface area contributed by atoms with Crippen LogP contribution in [0.5, 0.6) is 0 Å². The van der Waals surface area contributed by atoms with E-state index in [0.717, 1.165) is 23.3 Å². The summed E-state index contributed by atoms with van der Waals surface area (Å²) in [4.78, 5) is 36.8. The van der Waals surface area contributed by atoms with Gasteiger partial charge in [0.2, 0.25) is 0 Å². The van der Waals surface area contributed by atoms with Crippen molar-refractivity contribution in [1.29, 1.82) is 0 Å². The third kappa shape index (κ3) is 5.72. The lowest BCUT2D eigenvalue weighted by molar-refractivity contribution is -0.141. The van der Waals surface area contributed by atoms with Crippen LogP contribution in [0.2, 0.25) is 0 Å². The fourth-order valence-electron chi connectivity index (χ4n) is 4.49. The number of alkyl halides is 3. The third-order valence-corrected chi connectivity index (χ3v) is 6.68. The van der Waals surface area contributed by atoms with E-state index in [1.807, 2.05) is 6.92 Å². The minimum Gasteiger partial charge on any atom is -0.478 e. The fourth-order valence-corrected chi connectivity index (χ4v) is 4.49. The van der Waals surface area contributed by atoms with Crippen LogP contribution < -0.4 is 10.6 Å². The molecule has 0 bridgehead atoms. The maximum Gasteiger partial charge on any atom is 0.399 e. The summed E-state index contributed by atoms with van der Waals surface area (Å²) in [6.07, 6.45) is -4.56. The topological polar surface area (TPSA) is 95.5 Å². The first-order valence-electron chi connectivity index (χ1n) is 11.8. The van der Waals surface area contributed by atoms with Gasteiger partial charge in [-0.2, -0.15) is 13.2 Å². The number of aromatic carboxylic acids is 1. The smallest absolute Gasteiger partial charge is 0.399 e. The predicted octanol–water partition coefficient (Wildman–Crippen LogP) is 6.23. The molecule has 0 saturated heterocycles. The van der Waals surface area contributed by atoms with Crippen LogP contribution in [0.3, 0.4) is 0 Å². The minimum atomic E-state index is -4.56. The molecule has 3 N–H and O–H groups in total. The van der Waals surface area contributed by atoms with E-state index in [2.05, 4.69) is 10.6 Å². The van der Waals surface area contributed by atoms with Gasteiger partial charge in [-0.05, 0) is 97.8 Å². The summed E-state index contributed by atoms with van der Waals surface area (Å²) >= 11 is 0. The van der Waals surface area contributed by atoms with E-state index in [-0.39, 0.29) is 33.5 Å². The summed E-state index contributed by atoms with van der Waals surface area (Å²) in [6.45, 7) is 8.38. The Morgan fingerprint density at radius 2 is 1.29 bits per heavy atom. The maximum absolute atomic E-state index is 14.4. The highest BCUT2D eigenvalue weighted by Crippen LogP contribution is 2.44. The molecule has 3 aromatic carbocycles. The summed E-state index contributed by atoms with van der Waals surface area (Å²) in [5.41, 5.74) is 2.84. The number of benzene rings is 3. The molecule has 2 amide bonds. The standard InChI is InChI=1S/C29H29F3N2O4/c1-14-9-16(3)21(10-15(14)2)25(29(30,31)32)22-11-18(5)24(12-17(22)4)34-27(36)23-13-19(26(35)33-6)7-8-20(23)28(37)38/h7-13,25H,1-6H3,(H,33,35)(H,34,36)(H,37,38). The van der Waals surface area contributed by atoms with Gasteiger partial charge in [0.15, 0.2) is 0 Å². The molecule has 0 aromatic heterocycles. The van der Waals surface area contributed by atoms with Crippen molar-refractivity contribution in [2.45, 2.75) is 46.7 Å². The number of anilines is 1. The highest BCUT2D eigenvalue weighted by molar-refractivity contribution is 6.12. The van der Waals surface area contributed by atoms with Crippen molar-refractivity contribution in [3.8, 4) is 0 Å². The molecule has 0 fully saturated rings. The number of carbonyl (C=O) groups is 3. The van der Waals surface area contributed by atoms with Crippen molar-refractivity contribution in [3.05, 3.63) is 98.1 Å². The number of aryl methyl sites for hydroxylation is 5. The van der Waals surface area contributed by atoms with Gasteiger partial charge in [0, 0.05) is 18.3 Å². The van der Waals surface area contributed by atoms with Crippen LogP contribution in [0.25, 0.3) is 0 Å². The largest absolute Gasteiger partial charge is 0.478 e. The van der Waals surface area contributed by atoms with Crippen LogP contribution in [-0.2, 0) is 0 Å². The molecule has 0 radical (unpaired) electrons. The highest BCUT2D eigenvalue weighted by Gasteiger charge is 2.43. The van der Waals surface area contributed by atoms with Crippen LogP contribution in [0.1, 0.15) is 75.9 Å². The quantitative estimate of drug-likeness (QED) is 0.355. The number of carbonyl (C=O) groups excluding carboxylic acids is 2. The van der Waals surface area contributed by atoms with E-state index in [1.165, 1.54) is 32.2 Å². The molecular weight excluding hydrogens is 497 g/mol. The summed E-state index contributed by atoms with van der Waals surface area (Å²) in [5, 5.41) is 14.5. The molecule has 1 atom stereocenters. The van der Waals surface area contributed by atoms with Gasteiger partial charge in [-0.3, -0.25) is 9.59 Å². The van der Waals surface area contributed by atoms with E-state index < -0.39 is 29.9 Å². The zero-order chi connectivity index (χ0) is 28.5. The second-order valence-electron chi connectivity index (χ2n) is 9.39.